The van der Waals surface area contributed by atoms with E-state index >= 15 is 0 Å². The van der Waals surface area contributed by atoms with Crippen LogP contribution in [0.4, 0.5) is 0 Å². The Hall–Kier alpha value is -3.02. The minimum Gasteiger partial charge on any atom is -0.422 e. The third-order valence-electron chi connectivity index (χ3n) is 3.96. The van der Waals surface area contributed by atoms with E-state index in [9.17, 15) is 9.59 Å². The fourth-order valence-electron chi connectivity index (χ4n) is 2.64. The Kier molecular flexibility index (Phi) is 5.19. The van der Waals surface area contributed by atoms with Crippen LogP contribution in [0.2, 0.25) is 5.02 Å². The second kappa shape index (κ2) is 7.92. The largest absolute Gasteiger partial charge is 0.422 e. The molecular formula is C22H13ClO4S. The Bertz CT molecular complexity index is 1200. The van der Waals surface area contributed by atoms with E-state index in [1.807, 2.05) is 6.07 Å². The van der Waals surface area contributed by atoms with E-state index in [0.717, 1.165) is 16.7 Å². The molecule has 0 atom stereocenters. The van der Waals surface area contributed by atoms with E-state index in [2.05, 4.69) is 0 Å². The summed E-state index contributed by atoms with van der Waals surface area (Å²) in [5, 5.41) is 1.13. The summed E-state index contributed by atoms with van der Waals surface area (Å²) in [7, 11) is 0. The van der Waals surface area contributed by atoms with Crippen molar-refractivity contribution in [3.8, 4) is 5.75 Å². The van der Waals surface area contributed by atoms with Crippen LogP contribution in [0.3, 0.4) is 0 Å². The van der Waals surface area contributed by atoms with Gasteiger partial charge in [0.15, 0.2) is 5.75 Å². The predicted octanol–water partition coefficient (Wildman–Crippen LogP) is 5.82. The molecular weight excluding hydrogens is 396 g/mol. The molecule has 0 unspecified atom stereocenters. The van der Waals surface area contributed by atoms with Gasteiger partial charge in [0.05, 0.1) is 10.9 Å². The fraction of sp³-hybridized carbons (Fsp3) is 0. The first-order chi connectivity index (χ1) is 13.6. The summed E-state index contributed by atoms with van der Waals surface area (Å²) in [5.74, 6) is -0.366. The summed E-state index contributed by atoms with van der Waals surface area (Å²) in [4.78, 5) is 26.2. The van der Waals surface area contributed by atoms with Crippen molar-refractivity contribution in [2.45, 2.75) is 9.79 Å². The van der Waals surface area contributed by atoms with Crippen LogP contribution in [-0.2, 0) is 0 Å². The normalized spacial score (nSPS) is 10.8. The molecule has 0 amide bonds. The molecule has 28 heavy (non-hydrogen) atoms. The first-order valence-electron chi connectivity index (χ1n) is 8.38. The van der Waals surface area contributed by atoms with Gasteiger partial charge in [-0.1, -0.05) is 53.7 Å². The first-order valence-corrected chi connectivity index (χ1v) is 9.58. The molecule has 0 saturated carbocycles. The smallest absolute Gasteiger partial charge is 0.354 e. The number of ether oxygens (including phenoxy) is 1. The standard InChI is InChI=1S/C22H13ClO4S/c23-15-10-12-16(13-11-15)28-20-19(27-21(24)14-6-2-1-3-7-14)17-8-4-5-9-18(17)26-22(20)25/h1-13H. The molecule has 4 nitrogen and oxygen atoms in total. The molecule has 4 rings (SSSR count). The SMILES string of the molecule is O=C(Oc1c(Sc2ccc(Cl)cc2)c(=O)oc2ccccc12)c1ccccc1. The van der Waals surface area contributed by atoms with Crippen LogP contribution in [0.1, 0.15) is 10.4 Å². The monoisotopic (exact) mass is 408 g/mol. The van der Waals surface area contributed by atoms with Crippen LogP contribution >= 0.6 is 23.4 Å². The third-order valence-corrected chi connectivity index (χ3v) is 5.28. The second-order valence-corrected chi connectivity index (χ2v) is 7.38. The molecule has 1 heterocycles. The Morgan fingerprint density at radius 2 is 1.57 bits per heavy atom. The number of para-hydroxylation sites is 1. The molecule has 3 aromatic carbocycles. The van der Waals surface area contributed by atoms with E-state index in [1.54, 1.807) is 72.8 Å². The van der Waals surface area contributed by atoms with Crippen LogP contribution in [0, 0.1) is 0 Å². The lowest BCUT2D eigenvalue weighted by molar-refractivity contribution is 0.0732. The maximum Gasteiger partial charge on any atom is 0.354 e. The van der Waals surface area contributed by atoms with Gasteiger partial charge in [-0.15, -0.1) is 0 Å². The number of benzene rings is 3. The second-order valence-electron chi connectivity index (χ2n) is 5.86. The van der Waals surface area contributed by atoms with Crippen molar-refractivity contribution in [1.82, 2.24) is 0 Å². The molecule has 6 heteroatoms. The molecule has 1 aromatic heterocycles. The molecule has 0 fully saturated rings. The average molecular weight is 409 g/mol. The number of halogens is 1. The van der Waals surface area contributed by atoms with E-state index in [0.29, 0.717) is 21.6 Å². The zero-order valence-electron chi connectivity index (χ0n) is 14.4. The third kappa shape index (κ3) is 3.81. The Morgan fingerprint density at radius 1 is 0.893 bits per heavy atom. The van der Waals surface area contributed by atoms with Gasteiger partial charge in [-0.2, -0.15) is 0 Å². The number of hydrogen-bond acceptors (Lipinski definition) is 5. The minimum absolute atomic E-state index is 0.181. The van der Waals surface area contributed by atoms with Crippen LogP contribution in [0.5, 0.6) is 5.75 Å². The molecule has 0 spiro atoms. The number of carbonyl (C=O) groups is 1. The van der Waals surface area contributed by atoms with Crippen LogP contribution in [0.25, 0.3) is 11.0 Å². The highest BCUT2D eigenvalue weighted by molar-refractivity contribution is 7.99. The van der Waals surface area contributed by atoms with Gasteiger partial charge in [0.1, 0.15) is 10.5 Å². The maximum absolute atomic E-state index is 12.6. The highest BCUT2D eigenvalue weighted by Crippen LogP contribution is 2.38. The summed E-state index contributed by atoms with van der Waals surface area (Å²) < 4.78 is 11.1. The molecule has 138 valence electrons. The molecule has 0 aliphatic rings. The summed E-state index contributed by atoms with van der Waals surface area (Å²) in [6, 6.07) is 22.6. The summed E-state index contributed by atoms with van der Waals surface area (Å²) in [5.41, 5.74) is 0.167. The lowest BCUT2D eigenvalue weighted by atomic mass is 10.2. The average Bonchev–Trinajstić information content (AvgIpc) is 2.72. The van der Waals surface area contributed by atoms with Crippen molar-refractivity contribution in [3.05, 3.63) is 99.9 Å². The van der Waals surface area contributed by atoms with Gasteiger partial charge < -0.3 is 9.15 Å². The van der Waals surface area contributed by atoms with Crippen molar-refractivity contribution in [1.29, 1.82) is 0 Å². The molecule has 0 radical (unpaired) electrons. The Morgan fingerprint density at radius 3 is 2.32 bits per heavy atom. The number of carbonyl (C=O) groups excluding carboxylic acids is 1. The molecule has 0 N–H and O–H groups in total. The molecule has 0 bridgehead atoms. The fourth-order valence-corrected chi connectivity index (χ4v) is 3.64. The van der Waals surface area contributed by atoms with Crippen LogP contribution in [0.15, 0.2) is 97.9 Å². The molecule has 0 saturated heterocycles. The summed E-state index contributed by atoms with van der Waals surface area (Å²) >= 11 is 7.09. The molecule has 4 aromatic rings. The van der Waals surface area contributed by atoms with Gasteiger partial charge in [-0.05, 0) is 48.5 Å². The van der Waals surface area contributed by atoms with Gasteiger partial charge in [0.2, 0.25) is 0 Å². The highest BCUT2D eigenvalue weighted by atomic mass is 35.5. The van der Waals surface area contributed by atoms with Gasteiger partial charge >= 0.3 is 11.6 Å². The Labute approximate surface area is 169 Å². The van der Waals surface area contributed by atoms with Crippen molar-refractivity contribution in [2.24, 2.45) is 0 Å². The highest BCUT2D eigenvalue weighted by Gasteiger charge is 2.20. The molecule has 0 aliphatic heterocycles. The van der Waals surface area contributed by atoms with Gasteiger partial charge in [-0.3, -0.25) is 0 Å². The van der Waals surface area contributed by atoms with E-state index < -0.39 is 11.6 Å². The van der Waals surface area contributed by atoms with E-state index in [4.69, 9.17) is 20.8 Å². The minimum atomic E-state index is -0.575. The number of hydrogen-bond donors (Lipinski definition) is 0. The van der Waals surface area contributed by atoms with Crippen LogP contribution in [-0.4, -0.2) is 5.97 Å². The zero-order chi connectivity index (χ0) is 19.5. The summed E-state index contributed by atoms with van der Waals surface area (Å²) in [6.07, 6.45) is 0. The van der Waals surface area contributed by atoms with E-state index in [1.165, 1.54) is 0 Å². The van der Waals surface area contributed by atoms with Crippen molar-refractivity contribution >= 4 is 40.3 Å². The van der Waals surface area contributed by atoms with E-state index in [-0.39, 0.29) is 10.6 Å². The number of rotatable bonds is 4. The summed E-state index contributed by atoms with van der Waals surface area (Å²) in [6.45, 7) is 0. The van der Waals surface area contributed by atoms with Gasteiger partial charge in [0, 0.05) is 9.92 Å². The van der Waals surface area contributed by atoms with Crippen molar-refractivity contribution < 1.29 is 13.9 Å². The topological polar surface area (TPSA) is 56.5 Å². The Balaban J connectivity index is 1.82. The maximum atomic E-state index is 12.6. The zero-order valence-corrected chi connectivity index (χ0v) is 16.0. The van der Waals surface area contributed by atoms with Crippen LogP contribution < -0.4 is 10.4 Å². The van der Waals surface area contributed by atoms with Gasteiger partial charge in [-0.25, -0.2) is 9.59 Å². The lowest BCUT2D eigenvalue weighted by Crippen LogP contribution is -2.13. The first kappa shape index (κ1) is 18.3. The quantitative estimate of drug-likeness (QED) is 0.314. The van der Waals surface area contributed by atoms with Crippen molar-refractivity contribution in [2.75, 3.05) is 0 Å². The predicted molar refractivity (Wildman–Crippen MR) is 109 cm³/mol. The number of esters is 1. The number of fused-ring (bicyclic) bond motifs is 1. The lowest BCUT2D eigenvalue weighted by Gasteiger charge is -2.11. The molecule has 0 aliphatic carbocycles. The van der Waals surface area contributed by atoms with Crippen molar-refractivity contribution in [3.63, 3.8) is 0 Å². The van der Waals surface area contributed by atoms with Gasteiger partial charge in [0.25, 0.3) is 0 Å².